The van der Waals surface area contributed by atoms with E-state index in [1.54, 1.807) is 29.2 Å². The lowest BCUT2D eigenvalue weighted by atomic mass is 10.2. The highest BCUT2D eigenvalue weighted by Gasteiger charge is 2.04. The Morgan fingerprint density at radius 3 is 3.06 bits per heavy atom. The van der Waals surface area contributed by atoms with Crippen LogP contribution in [0.5, 0.6) is 0 Å². The molecule has 7 nitrogen and oxygen atoms in total. The van der Waals surface area contributed by atoms with Crippen molar-refractivity contribution >= 4 is 5.69 Å². The molecule has 0 aliphatic heterocycles. The zero-order chi connectivity index (χ0) is 12.8. The van der Waals surface area contributed by atoms with Gasteiger partial charge < -0.3 is 5.32 Å². The Bertz CT molecular complexity index is 512. The molecule has 1 N–H and O–H groups in total. The summed E-state index contributed by atoms with van der Waals surface area (Å²) in [5.74, 6) is 0. The van der Waals surface area contributed by atoms with Gasteiger partial charge in [0.1, 0.15) is 0 Å². The van der Waals surface area contributed by atoms with Gasteiger partial charge in [-0.15, -0.1) is 5.10 Å². The molecule has 18 heavy (non-hydrogen) atoms. The zero-order valence-electron chi connectivity index (χ0n) is 9.69. The van der Waals surface area contributed by atoms with Gasteiger partial charge in [-0.2, -0.15) is 0 Å². The monoisotopic (exact) mass is 247 g/mol. The number of nitrogens with zero attached hydrogens (tertiary/aromatic N) is 4. The van der Waals surface area contributed by atoms with Gasteiger partial charge in [0, 0.05) is 31.4 Å². The lowest BCUT2D eigenvalue weighted by Crippen LogP contribution is -2.19. The van der Waals surface area contributed by atoms with Crippen molar-refractivity contribution in [2.45, 2.75) is 13.1 Å². The molecule has 1 aromatic heterocycles. The molecule has 1 heterocycles. The molecule has 0 amide bonds. The van der Waals surface area contributed by atoms with Crippen LogP contribution in [0.2, 0.25) is 0 Å². The van der Waals surface area contributed by atoms with Crippen molar-refractivity contribution in [1.29, 1.82) is 0 Å². The lowest BCUT2D eigenvalue weighted by molar-refractivity contribution is -0.384. The summed E-state index contributed by atoms with van der Waals surface area (Å²) in [6.07, 6.45) is 3.41. The first-order valence-corrected chi connectivity index (χ1v) is 5.54. The highest BCUT2D eigenvalue weighted by molar-refractivity contribution is 5.34. The highest BCUT2D eigenvalue weighted by atomic mass is 16.6. The fraction of sp³-hybridized carbons (Fsp3) is 0.273. The molecule has 0 bridgehead atoms. The number of aromatic nitrogens is 3. The van der Waals surface area contributed by atoms with E-state index in [0.717, 1.165) is 18.7 Å². The molecule has 94 valence electrons. The van der Waals surface area contributed by atoms with Crippen molar-refractivity contribution in [1.82, 2.24) is 20.3 Å². The molecule has 2 rings (SSSR count). The maximum atomic E-state index is 10.6. The third kappa shape index (κ3) is 3.36. The Morgan fingerprint density at radius 2 is 2.33 bits per heavy atom. The van der Waals surface area contributed by atoms with Crippen molar-refractivity contribution in [3.8, 4) is 0 Å². The van der Waals surface area contributed by atoms with Crippen LogP contribution in [0.3, 0.4) is 0 Å². The Labute approximate surface area is 104 Å². The minimum atomic E-state index is -0.390. The number of nitro groups is 1. The Morgan fingerprint density at radius 1 is 1.44 bits per heavy atom. The van der Waals surface area contributed by atoms with Crippen LogP contribution in [0, 0.1) is 10.1 Å². The number of hydrogen-bond acceptors (Lipinski definition) is 5. The normalized spacial score (nSPS) is 10.4. The molecule has 0 saturated carbocycles. The molecule has 1 aromatic carbocycles. The Hall–Kier alpha value is -2.28. The molecular weight excluding hydrogens is 234 g/mol. The second kappa shape index (κ2) is 5.87. The van der Waals surface area contributed by atoms with Crippen LogP contribution in [-0.4, -0.2) is 26.5 Å². The largest absolute Gasteiger partial charge is 0.311 e. The van der Waals surface area contributed by atoms with E-state index in [0.29, 0.717) is 6.54 Å². The SMILES string of the molecule is O=[N+]([O-])c1cccc(CNCCn2ccnn2)c1. The van der Waals surface area contributed by atoms with Crippen molar-refractivity contribution in [3.05, 3.63) is 52.3 Å². The van der Waals surface area contributed by atoms with Gasteiger partial charge in [-0.1, -0.05) is 17.3 Å². The summed E-state index contributed by atoms with van der Waals surface area (Å²) >= 11 is 0. The number of nitro benzene ring substituents is 1. The second-order valence-electron chi connectivity index (χ2n) is 3.77. The Balaban J connectivity index is 1.79. The summed E-state index contributed by atoms with van der Waals surface area (Å²) in [5, 5.41) is 21.3. The van der Waals surface area contributed by atoms with Crippen molar-refractivity contribution in [2.75, 3.05) is 6.54 Å². The van der Waals surface area contributed by atoms with Crippen LogP contribution in [-0.2, 0) is 13.1 Å². The first kappa shape index (κ1) is 12.2. The summed E-state index contributed by atoms with van der Waals surface area (Å²) in [7, 11) is 0. The quantitative estimate of drug-likeness (QED) is 0.467. The van der Waals surface area contributed by atoms with Crippen LogP contribution in [0.1, 0.15) is 5.56 Å². The minimum absolute atomic E-state index is 0.116. The molecule has 7 heteroatoms. The molecule has 0 aliphatic rings. The summed E-state index contributed by atoms with van der Waals surface area (Å²) < 4.78 is 1.72. The predicted octanol–water partition coefficient (Wildman–Crippen LogP) is 0.976. The average Bonchev–Trinajstić information content (AvgIpc) is 2.88. The van der Waals surface area contributed by atoms with Gasteiger partial charge in [0.05, 0.1) is 17.7 Å². The van der Waals surface area contributed by atoms with E-state index in [1.165, 1.54) is 6.07 Å². The first-order chi connectivity index (χ1) is 8.75. The molecule has 0 radical (unpaired) electrons. The van der Waals surface area contributed by atoms with Gasteiger partial charge in [-0.3, -0.25) is 14.8 Å². The van der Waals surface area contributed by atoms with E-state index in [9.17, 15) is 10.1 Å². The van der Waals surface area contributed by atoms with Crippen LogP contribution in [0.4, 0.5) is 5.69 Å². The van der Waals surface area contributed by atoms with Crippen LogP contribution in [0.15, 0.2) is 36.7 Å². The van der Waals surface area contributed by atoms with Crippen LogP contribution in [0.25, 0.3) is 0 Å². The maximum absolute atomic E-state index is 10.6. The molecule has 0 saturated heterocycles. The molecular formula is C11H13N5O2. The smallest absolute Gasteiger partial charge is 0.269 e. The molecule has 0 unspecified atom stereocenters. The molecule has 0 atom stereocenters. The van der Waals surface area contributed by atoms with Crippen molar-refractivity contribution in [2.24, 2.45) is 0 Å². The highest BCUT2D eigenvalue weighted by Crippen LogP contribution is 2.12. The van der Waals surface area contributed by atoms with E-state index < -0.39 is 0 Å². The number of hydrogen-bond donors (Lipinski definition) is 1. The van der Waals surface area contributed by atoms with Crippen molar-refractivity contribution in [3.63, 3.8) is 0 Å². The van der Waals surface area contributed by atoms with Gasteiger partial charge >= 0.3 is 0 Å². The number of rotatable bonds is 6. The zero-order valence-corrected chi connectivity index (χ0v) is 9.69. The third-order valence-corrected chi connectivity index (χ3v) is 2.44. The summed E-state index contributed by atoms with van der Waals surface area (Å²) in [6, 6.07) is 6.60. The van der Waals surface area contributed by atoms with Gasteiger partial charge in [0.15, 0.2) is 0 Å². The van der Waals surface area contributed by atoms with E-state index in [1.807, 2.05) is 6.07 Å². The number of benzene rings is 1. The summed E-state index contributed by atoms with van der Waals surface area (Å²) in [4.78, 5) is 10.2. The van der Waals surface area contributed by atoms with Gasteiger partial charge in [-0.05, 0) is 5.56 Å². The minimum Gasteiger partial charge on any atom is -0.311 e. The van der Waals surface area contributed by atoms with E-state index in [-0.39, 0.29) is 10.6 Å². The van der Waals surface area contributed by atoms with Gasteiger partial charge in [0.25, 0.3) is 5.69 Å². The van der Waals surface area contributed by atoms with Crippen molar-refractivity contribution < 1.29 is 4.92 Å². The average molecular weight is 247 g/mol. The maximum Gasteiger partial charge on any atom is 0.269 e. The molecule has 2 aromatic rings. The molecule has 0 fully saturated rings. The number of non-ortho nitro benzene ring substituents is 1. The van der Waals surface area contributed by atoms with E-state index in [4.69, 9.17) is 0 Å². The fourth-order valence-electron chi connectivity index (χ4n) is 1.56. The van der Waals surface area contributed by atoms with Gasteiger partial charge in [-0.25, -0.2) is 0 Å². The Kier molecular flexibility index (Phi) is 3.98. The fourth-order valence-corrected chi connectivity index (χ4v) is 1.56. The van der Waals surface area contributed by atoms with E-state index >= 15 is 0 Å². The molecule has 0 spiro atoms. The van der Waals surface area contributed by atoms with E-state index in [2.05, 4.69) is 15.6 Å². The molecule has 0 aliphatic carbocycles. The number of nitrogens with one attached hydrogen (secondary N) is 1. The van der Waals surface area contributed by atoms with Crippen LogP contribution < -0.4 is 5.32 Å². The third-order valence-electron chi connectivity index (χ3n) is 2.44. The second-order valence-corrected chi connectivity index (χ2v) is 3.77. The van der Waals surface area contributed by atoms with Gasteiger partial charge in [0.2, 0.25) is 0 Å². The lowest BCUT2D eigenvalue weighted by Gasteiger charge is -2.04. The predicted molar refractivity (Wildman–Crippen MR) is 64.8 cm³/mol. The topological polar surface area (TPSA) is 85.9 Å². The summed E-state index contributed by atoms with van der Waals surface area (Å²) in [5.41, 5.74) is 1.01. The summed E-state index contributed by atoms with van der Waals surface area (Å²) in [6.45, 7) is 2.04. The van der Waals surface area contributed by atoms with Crippen LogP contribution >= 0.6 is 0 Å². The first-order valence-electron chi connectivity index (χ1n) is 5.54. The standard InChI is InChI=1S/C11H13N5O2/c17-16(18)11-3-1-2-10(8-11)9-12-4-6-15-7-5-13-14-15/h1-3,5,7-8,12H,4,6,9H2.